The van der Waals surface area contributed by atoms with Crippen LogP contribution in [0.3, 0.4) is 0 Å². The first-order valence-electron chi connectivity index (χ1n) is 7.16. The summed E-state index contributed by atoms with van der Waals surface area (Å²) in [6.07, 6.45) is 3.18. The van der Waals surface area contributed by atoms with Crippen LogP contribution in [0, 0.1) is 10.1 Å². The van der Waals surface area contributed by atoms with Crippen molar-refractivity contribution < 1.29 is 4.92 Å². The van der Waals surface area contributed by atoms with Gasteiger partial charge in [-0.15, -0.1) is 11.3 Å². The molecule has 0 N–H and O–H groups in total. The average Bonchev–Trinajstić information content (AvgIpc) is 2.91. The van der Waals surface area contributed by atoms with Crippen LogP contribution in [0.2, 0.25) is 0 Å². The van der Waals surface area contributed by atoms with Crippen molar-refractivity contribution in [2.45, 2.75) is 26.3 Å². The van der Waals surface area contributed by atoms with E-state index in [1.165, 1.54) is 5.57 Å². The van der Waals surface area contributed by atoms with Gasteiger partial charge in [-0.2, -0.15) is 0 Å². The molecule has 1 aliphatic heterocycles. The number of nitrogens with zero attached hydrogens (tertiary/aromatic N) is 2. The van der Waals surface area contributed by atoms with Crippen molar-refractivity contribution in [1.29, 1.82) is 0 Å². The number of hydrogen-bond donors (Lipinski definition) is 0. The largest absolute Gasteiger partial charge is 0.297 e. The summed E-state index contributed by atoms with van der Waals surface area (Å²) >= 11 is 1.59. The first-order chi connectivity index (χ1) is 10.1. The van der Waals surface area contributed by atoms with Gasteiger partial charge in [-0.05, 0) is 37.3 Å². The first-order valence-corrected chi connectivity index (χ1v) is 8.04. The van der Waals surface area contributed by atoms with E-state index in [-0.39, 0.29) is 10.6 Å². The maximum Gasteiger partial charge on any atom is 0.278 e. The summed E-state index contributed by atoms with van der Waals surface area (Å²) in [4.78, 5) is 13.4. The molecule has 2 heterocycles. The fraction of sp³-hybridized carbons (Fsp3) is 0.375. The number of rotatable bonds is 3. The van der Waals surface area contributed by atoms with E-state index in [2.05, 4.69) is 30.2 Å². The highest BCUT2D eigenvalue weighted by Crippen LogP contribution is 2.38. The number of nitro groups is 1. The van der Waals surface area contributed by atoms with Crippen LogP contribution in [0.4, 0.5) is 5.69 Å². The molecule has 2 aromatic rings. The number of non-ortho nitro benzene ring substituents is 1. The lowest BCUT2D eigenvalue weighted by molar-refractivity contribution is -0.383. The van der Waals surface area contributed by atoms with E-state index >= 15 is 0 Å². The normalized spacial score (nSPS) is 16.4. The van der Waals surface area contributed by atoms with Gasteiger partial charge < -0.3 is 0 Å². The third kappa shape index (κ3) is 2.59. The van der Waals surface area contributed by atoms with Crippen LogP contribution < -0.4 is 0 Å². The smallest absolute Gasteiger partial charge is 0.278 e. The van der Waals surface area contributed by atoms with Crippen molar-refractivity contribution >= 4 is 32.7 Å². The maximum atomic E-state index is 11.3. The third-order valence-electron chi connectivity index (χ3n) is 4.09. The van der Waals surface area contributed by atoms with Gasteiger partial charge in [0.15, 0.2) is 0 Å². The molecule has 0 fully saturated rings. The Hall–Kier alpha value is -1.72. The predicted molar refractivity (Wildman–Crippen MR) is 87.8 cm³/mol. The Morgan fingerprint density at radius 3 is 2.81 bits per heavy atom. The van der Waals surface area contributed by atoms with Gasteiger partial charge in [0.05, 0.1) is 10.3 Å². The van der Waals surface area contributed by atoms with Crippen LogP contribution in [0.25, 0.3) is 15.7 Å². The average molecular weight is 302 g/mol. The quantitative estimate of drug-likeness (QED) is 0.627. The summed E-state index contributed by atoms with van der Waals surface area (Å²) in [6, 6.07) is 5.86. The second kappa shape index (κ2) is 5.58. The van der Waals surface area contributed by atoms with Crippen molar-refractivity contribution in [3.05, 3.63) is 45.3 Å². The maximum absolute atomic E-state index is 11.3. The number of hydrogen-bond acceptors (Lipinski definition) is 4. The molecule has 21 heavy (non-hydrogen) atoms. The molecule has 0 amide bonds. The van der Waals surface area contributed by atoms with Crippen molar-refractivity contribution in [3.63, 3.8) is 0 Å². The van der Waals surface area contributed by atoms with Gasteiger partial charge in [0.25, 0.3) is 5.69 Å². The summed E-state index contributed by atoms with van der Waals surface area (Å²) in [5.74, 6) is 0. The van der Waals surface area contributed by atoms with E-state index in [4.69, 9.17) is 0 Å². The Bertz CT molecular complexity index is 718. The molecule has 0 saturated carbocycles. The highest BCUT2D eigenvalue weighted by molar-refractivity contribution is 7.17. The Morgan fingerprint density at radius 1 is 1.38 bits per heavy atom. The highest BCUT2D eigenvalue weighted by atomic mass is 32.1. The molecule has 1 aromatic heterocycles. The lowest BCUT2D eigenvalue weighted by atomic mass is 9.97. The van der Waals surface area contributed by atoms with Crippen LogP contribution in [0.1, 0.15) is 25.8 Å². The molecule has 1 aromatic carbocycles. The van der Waals surface area contributed by atoms with Crippen LogP contribution in [-0.4, -0.2) is 29.0 Å². The Balaban J connectivity index is 2.04. The Morgan fingerprint density at radius 2 is 2.19 bits per heavy atom. The molecule has 4 nitrogen and oxygen atoms in total. The minimum absolute atomic E-state index is 0.218. The number of benzene rings is 1. The molecule has 1 aliphatic rings. The Labute approximate surface area is 127 Å². The topological polar surface area (TPSA) is 46.4 Å². The fourth-order valence-electron chi connectivity index (χ4n) is 2.86. The molecule has 0 radical (unpaired) electrons. The molecule has 5 heteroatoms. The summed E-state index contributed by atoms with van der Waals surface area (Å²) in [6.45, 7) is 6.33. The van der Waals surface area contributed by atoms with E-state index in [0.29, 0.717) is 6.04 Å². The second-order valence-corrected chi connectivity index (χ2v) is 6.54. The van der Waals surface area contributed by atoms with Gasteiger partial charge in [-0.1, -0.05) is 12.1 Å². The lowest BCUT2D eigenvalue weighted by Gasteiger charge is -2.29. The molecule has 0 saturated heterocycles. The zero-order valence-electron chi connectivity index (χ0n) is 12.2. The number of nitro benzene ring substituents is 1. The summed E-state index contributed by atoms with van der Waals surface area (Å²) in [5.41, 5.74) is 2.51. The molecule has 0 atom stereocenters. The lowest BCUT2D eigenvalue weighted by Crippen LogP contribution is -2.34. The van der Waals surface area contributed by atoms with Gasteiger partial charge >= 0.3 is 0 Å². The monoisotopic (exact) mass is 302 g/mol. The number of thiophene rings is 1. The van der Waals surface area contributed by atoms with E-state index in [0.717, 1.165) is 35.2 Å². The van der Waals surface area contributed by atoms with Gasteiger partial charge in [0.1, 0.15) is 0 Å². The highest BCUT2D eigenvalue weighted by Gasteiger charge is 2.21. The van der Waals surface area contributed by atoms with Crippen LogP contribution in [0.5, 0.6) is 0 Å². The van der Waals surface area contributed by atoms with Gasteiger partial charge in [0.2, 0.25) is 0 Å². The minimum Gasteiger partial charge on any atom is -0.297 e. The van der Waals surface area contributed by atoms with Gasteiger partial charge in [-0.25, -0.2) is 0 Å². The van der Waals surface area contributed by atoms with Gasteiger partial charge in [0, 0.05) is 35.5 Å². The molecular weight excluding hydrogens is 284 g/mol. The summed E-state index contributed by atoms with van der Waals surface area (Å²) in [7, 11) is 0. The summed E-state index contributed by atoms with van der Waals surface area (Å²) in [5, 5.41) is 14.1. The molecule has 0 spiro atoms. The fourth-order valence-corrected chi connectivity index (χ4v) is 3.86. The van der Waals surface area contributed by atoms with E-state index in [1.54, 1.807) is 23.5 Å². The standard InChI is InChI=1S/C16H18N2O2S/c1-11(2)17-8-6-12(7-9-17)13-10-21-15-5-3-4-14(16(13)15)18(19)20/h3-6,10-11H,7-9H2,1-2H3. The summed E-state index contributed by atoms with van der Waals surface area (Å²) < 4.78 is 0.992. The van der Waals surface area contributed by atoms with E-state index < -0.39 is 0 Å². The SMILES string of the molecule is CC(C)N1CC=C(c2csc3cccc([N+](=O)[O-])c23)CC1. The van der Waals surface area contributed by atoms with Crippen molar-refractivity contribution in [2.75, 3.05) is 13.1 Å². The van der Waals surface area contributed by atoms with E-state index in [1.807, 2.05) is 6.07 Å². The number of fused-ring (bicyclic) bond motifs is 1. The van der Waals surface area contributed by atoms with Crippen LogP contribution >= 0.6 is 11.3 Å². The van der Waals surface area contributed by atoms with E-state index in [9.17, 15) is 10.1 Å². The van der Waals surface area contributed by atoms with Crippen molar-refractivity contribution in [1.82, 2.24) is 4.90 Å². The minimum atomic E-state index is -0.275. The molecule has 0 bridgehead atoms. The zero-order chi connectivity index (χ0) is 15.0. The second-order valence-electron chi connectivity index (χ2n) is 5.62. The predicted octanol–water partition coefficient (Wildman–Crippen LogP) is 4.31. The molecule has 0 aliphatic carbocycles. The molecule has 0 unspecified atom stereocenters. The molecule has 3 rings (SSSR count). The van der Waals surface area contributed by atoms with Crippen LogP contribution in [-0.2, 0) is 0 Å². The van der Waals surface area contributed by atoms with Crippen LogP contribution in [0.15, 0.2) is 29.7 Å². The van der Waals surface area contributed by atoms with Gasteiger partial charge in [-0.3, -0.25) is 15.0 Å². The zero-order valence-corrected chi connectivity index (χ0v) is 13.0. The molecular formula is C16H18N2O2S. The van der Waals surface area contributed by atoms with Crippen molar-refractivity contribution in [2.24, 2.45) is 0 Å². The Kier molecular flexibility index (Phi) is 3.78. The van der Waals surface area contributed by atoms with Crippen molar-refractivity contribution in [3.8, 4) is 0 Å². The third-order valence-corrected chi connectivity index (χ3v) is 5.04. The molecule has 110 valence electrons. The first kappa shape index (κ1) is 14.2.